The summed E-state index contributed by atoms with van der Waals surface area (Å²) in [6.45, 7) is 1.61. The van der Waals surface area contributed by atoms with E-state index in [1.807, 2.05) is 0 Å². The molecule has 1 amide bonds. The summed E-state index contributed by atoms with van der Waals surface area (Å²) in [5.74, 6) is -0.217. The summed E-state index contributed by atoms with van der Waals surface area (Å²) in [4.78, 5) is 36.5. The molecule has 22 heavy (non-hydrogen) atoms. The van der Waals surface area contributed by atoms with Gasteiger partial charge in [-0.2, -0.15) is 0 Å². The lowest BCUT2D eigenvalue weighted by molar-refractivity contribution is 0.100. The zero-order valence-corrected chi connectivity index (χ0v) is 12.2. The van der Waals surface area contributed by atoms with Crippen LogP contribution in [0.25, 0.3) is 10.9 Å². The quantitative estimate of drug-likeness (QED) is 0.774. The van der Waals surface area contributed by atoms with Gasteiger partial charge >= 0.3 is 0 Å². The number of aromatic nitrogens is 4. The molecule has 0 unspecified atom stereocenters. The van der Waals surface area contributed by atoms with Crippen LogP contribution in [0.5, 0.6) is 0 Å². The topological polar surface area (TPSA) is 89.8 Å². The first-order chi connectivity index (χ1) is 10.6. The molecule has 0 aliphatic rings. The Morgan fingerprint density at radius 1 is 1.32 bits per heavy atom. The number of hydrogen-bond acceptors (Lipinski definition) is 5. The van der Waals surface area contributed by atoms with Crippen LogP contribution < -0.4 is 11.0 Å². The van der Waals surface area contributed by atoms with E-state index in [4.69, 9.17) is 11.6 Å². The van der Waals surface area contributed by atoms with Gasteiger partial charge < -0.3 is 0 Å². The monoisotopic (exact) mass is 315 g/mol. The molecule has 0 aliphatic heterocycles. The second kappa shape index (κ2) is 5.53. The lowest BCUT2D eigenvalue weighted by Gasteiger charge is -2.11. The van der Waals surface area contributed by atoms with E-state index in [-0.39, 0.29) is 5.69 Å². The van der Waals surface area contributed by atoms with Crippen LogP contribution in [-0.2, 0) is 0 Å². The molecule has 7 nitrogen and oxygen atoms in total. The molecule has 0 saturated carbocycles. The van der Waals surface area contributed by atoms with Crippen molar-refractivity contribution in [1.82, 2.24) is 19.6 Å². The first-order valence-corrected chi connectivity index (χ1v) is 6.70. The van der Waals surface area contributed by atoms with E-state index in [2.05, 4.69) is 20.4 Å². The summed E-state index contributed by atoms with van der Waals surface area (Å²) < 4.78 is 1.08. The van der Waals surface area contributed by atoms with Gasteiger partial charge in [0.25, 0.3) is 11.5 Å². The summed E-state index contributed by atoms with van der Waals surface area (Å²) in [5.41, 5.74) is 2.65. The number of carbonyl (C=O) groups is 1. The molecule has 2 aromatic heterocycles. The molecule has 3 aromatic rings. The minimum Gasteiger partial charge on any atom is -0.267 e. The van der Waals surface area contributed by atoms with E-state index in [9.17, 15) is 9.59 Å². The first-order valence-electron chi connectivity index (χ1n) is 6.32. The van der Waals surface area contributed by atoms with E-state index in [0.29, 0.717) is 21.7 Å². The van der Waals surface area contributed by atoms with Gasteiger partial charge in [0.15, 0.2) is 0 Å². The molecule has 0 fully saturated rings. The number of hydrogen-bond donors (Lipinski definition) is 1. The van der Waals surface area contributed by atoms with Crippen LogP contribution in [0, 0.1) is 6.92 Å². The Hall–Kier alpha value is -2.80. The largest absolute Gasteiger partial charge is 0.290 e. The van der Waals surface area contributed by atoms with Gasteiger partial charge in [-0.25, -0.2) is 14.6 Å². The van der Waals surface area contributed by atoms with Crippen molar-refractivity contribution in [1.29, 1.82) is 0 Å². The van der Waals surface area contributed by atoms with Gasteiger partial charge in [-0.05, 0) is 25.1 Å². The molecule has 0 aliphatic carbocycles. The number of carbonyl (C=O) groups excluding carboxylic acids is 1. The summed E-state index contributed by atoms with van der Waals surface area (Å²) in [5, 5.41) is 0.842. The van der Waals surface area contributed by atoms with E-state index >= 15 is 0 Å². The lowest BCUT2D eigenvalue weighted by Crippen LogP contribution is -2.35. The fourth-order valence-electron chi connectivity index (χ4n) is 1.98. The highest BCUT2D eigenvalue weighted by Crippen LogP contribution is 2.14. The number of amides is 1. The van der Waals surface area contributed by atoms with Crippen molar-refractivity contribution in [2.24, 2.45) is 0 Å². The molecule has 110 valence electrons. The number of rotatable bonds is 2. The van der Waals surface area contributed by atoms with Crippen molar-refractivity contribution < 1.29 is 4.79 Å². The Morgan fingerprint density at radius 2 is 2.14 bits per heavy atom. The predicted octanol–water partition coefficient (Wildman–Crippen LogP) is 1.53. The van der Waals surface area contributed by atoms with Crippen LogP contribution in [0.4, 0.5) is 0 Å². The molecule has 2 heterocycles. The third kappa shape index (κ3) is 2.53. The molecule has 0 atom stereocenters. The predicted molar refractivity (Wildman–Crippen MR) is 81.5 cm³/mol. The summed E-state index contributed by atoms with van der Waals surface area (Å²) in [7, 11) is 0. The van der Waals surface area contributed by atoms with Gasteiger partial charge in [0.2, 0.25) is 0 Å². The third-order valence-corrected chi connectivity index (χ3v) is 3.24. The number of nitrogens with zero attached hydrogens (tertiary/aromatic N) is 4. The number of benzene rings is 1. The van der Waals surface area contributed by atoms with Crippen molar-refractivity contribution in [3.05, 3.63) is 63.7 Å². The molecule has 1 N–H and O–H groups in total. The number of aryl methyl sites for hydroxylation is 1. The van der Waals surface area contributed by atoms with E-state index in [0.717, 1.165) is 4.68 Å². The third-order valence-electron chi connectivity index (χ3n) is 3.01. The Balaban J connectivity index is 2.06. The van der Waals surface area contributed by atoms with Crippen LogP contribution in [0.2, 0.25) is 5.02 Å². The fourth-order valence-corrected chi connectivity index (χ4v) is 2.14. The van der Waals surface area contributed by atoms with E-state index in [1.165, 1.54) is 18.6 Å². The highest BCUT2D eigenvalue weighted by molar-refractivity contribution is 6.31. The Morgan fingerprint density at radius 3 is 2.86 bits per heavy atom. The van der Waals surface area contributed by atoms with Crippen molar-refractivity contribution >= 4 is 28.4 Å². The second-order valence-electron chi connectivity index (χ2n) is 4.49. The molecule has 3 rings (SSSR count). The van der Waals surface area contributed by atoms with Crippen molar-refractivity contribution in [2.45, 2.75) is 6.92 Å². The Labute approximate surface area is 129 Å². The number of halogens is 1. The van der Waals surface area contributed by atoms with Gasteiger partial charge in [-0.15, -0.1) is 0 Å². The molecule has 8 heteroatoms. The SMILES string of the molecule is Cc1nc2cc(Cl)ccc2c(=O)n1NC(=O)c1cnccn1. The standard InChI is InChI=1S/C14H10ClN5O2/c1-8-18-11-6-9(15)2-3-10(11)14(22)20(8)19-13(21)12-7-16-4-5-17-12/h2-7H,1H3,(H,19,21). The molecule has 0 spiro atoms. The highest BCUT2D eigenvalue weighted by atomic mass is 35.5. The maximum absolute atomic E-state index is 12.5. The van der Waals surface area contributed by atoms with Crippen LogP contribution >= 0.6 is 11.6 Å². The minimum atomic E-state index is -0.548. The van der Waals surface area contributed by atoms with Crippen LogP contribution in [-0.4, -0.2) is 25.5 Å². The normalized spacial score (nSPS) is 10.6. The molecule has 0 bridgehead atoms. The average Bonchev–Trinajstić information content (AvgIpc) is 2.51. The van der Waals surface area contributed by atoms with Crippen molar-refractivity contribution in [3.8, 4) is 0 Å². The highest BCUT2D eigenvalue weighted by Gasteiger charge is 2.13. The second-order valence-corrected chi connectivity index (χ2v) is 4.93. The van der Waals surface area contributed by atoms with Crippen LogP contribution in [0.1, 0.15) is 16.3 Å². The molecule has 1 aromatic carbocycles. The zero-order chi connectivity index (χ0) is 15.7. The molecule has 0 radical (unpaired) electrons. The van der Waals surface area contributed by atoms with Gasteiger partial charge in [0.05, 0.1) is 17.1 Å². The molecular weight excluding hydrogens is 306 g/mol. The molecular formula is C14H10ClN5O2. The van der Waals surface area contributed by atoms with Crippen LogP contribution in [0.3, 0.4) is 0 Å². The zero-order valence-electron chi connectivity index (χ0n) is 11.4. The summed E-state index contributed by atoms with van der Waals surface area (Å²) in [6, 6.07) is 4.76. The Bertz CT molecular complexity index is 924. The first kappa shape index (κ1) is 14.2. The summed E-state index contributed by atoms with van der Waals surface area (Å²) >= 11 is 5.89. The average molecular weight is 316 g/mol. The van der Waals surface area contributed by atoms with Gasteiger partial charge in [0.1, 0.15) is 11.5 Å². The number of nitrogens with one attached hydrogen (secondary N) is 1. The maximum atomic E-state index is 12.5. The minimum absolute atomic E-state index is 0.102. The smallest absolute Gasteiger partial charge is 0.267 e. The number of fused-ring (bicyclic) bond motifs is 1. The molecule has 0 saturated heterocycles. The lowest BCUT2D eigenvalue weighted by atomic mass is 10.2. The Kier molecular flexibility index (Phi) is 3.56. The van der Waals surface area contributed by atoms with Gasteiger partial charge in [0, 0.05) is 17.4 Å². The van der Waals surface area contributed by atoms with Crippen LogP contribution in [0.15, 0.2) is 41.6 Å². The maximum Gasteiger partial charge on any atom is 0.290 e. The van der Waals surface area contributed by atoms with Gasteiger partial charge in [-0.1, -0.05) is 11.6 Å². The fraction of sp³-hybridized carbons (Fsp3) is 0.0714. The van der Waals surface area contributed by atoms with E-state index in [1.54, 1.807) is 25.1 Å². The van der Waals surface area contributed by atoms with Gasteiger partial charge in [-0.3, -0.25) is 20.0 Å². The summed E-state index contributed by atoms with van der Waals surface area (Å²) in [6.07, 6.45) is 4.16. The van der Waals surface area contributed by atoms with Crippen molar-refractivity contribution in [2.75, 3.05) is 5.43 Å². The van der Waals surface area contributed by atoms with Crippen molar-refractivity contribution in [3.63, 3.8) is 0 Å². The van der Waals surface area contributed by atoms with E-state index < -0.39 is 11.5 Å².